The van der Waals surface area contributed by atoms with E-state index in [9.17, 15) is 0 Å². The molecule has 144 valence electrons. The fourth-order valence-corrected chi connectivity index (χ4v) is 3.47. The predicted molar refractivity (Wildman–Crippen MR) is 112 cm³/mol. The molecule has 0 saturated heterocycles. The Kier molecular flexibility index (Phi) is 4.24. The number of rotatable bonds is 5. The van der Waals surface area contributed by atoms with Crippen LogP contribution in [0.1, 0.15) is 23.4 Å². The van der Waals surface area contributed by atoms with Gasteiger partial charge in [-0.2, -0.15) is 0 Å². The van der Waals surface area contributed by atoms with Crippen molar-refractivity contribution >= 4 is 21.9 Å². The van der Waals surface area contributed by atoms with Gasteiger partial charge in [-0.15, -0.1) is 0 Å². The van der Waals surface area contributed by atoms with Crippen LogP contribution >= 0.6 is 0 Å². The Morgan fingerprint density at radius 1 is 0.621 bits per heavy atom. The molecule has 0 radical (unpaired) electrons. The standard InChI is InChI=1S/C25H20O4/c1-16-12-19-14-21(8-10-23(19)26-16)28-25(18-6-4-3-5-7-18)29-22-9-11-24-20(15-22)13-17(2)27-24/h3-15,25H,1-2H3. The van der Waals surface area contributed by atoms with Crippen LogP contribution in [0, 0.1) is 13.8 Å². The van der Waals surface area contributed by atoms with Crippen LogP contribution in [0.25, 0.3) is 21.9 Å². The van der Waals surface area contributed by atoms with Crippen LogP contribution < -0.4 is 9.47 Å². The number of ether oxygens (including phenoxy) is 2. The summed E-state index contributed by atoms with van der Waals surface area (Å²) in [5, 5.41) is 2.00. The maximum atomic E-state index is 6.25. The number of furan rings is 2. The summed E-state index contributed by atoms with van der Waals surface area (Å²) in [6, 6.07) is 25.5. The highest BCUT2D eigenvalue weighted by molar-refractivity contribution is 5.80. The minimum absolute atomic E-state index is 0.591. The van der Waals surface area contributed by atoms with E-state index in [1.165, 1.54) is 0 Å². The van der Waals surface area contributed by atoms with Crippen LogP contribution in [-0.2, 0) is 0 Å². The summed E-state index contributed by atoms with van der Waals surface area (Å²) in [6.45, 7) is 3.87. The van der Waals surface area contributed by atoms with Gasteiger partial charge < -0.3 is 18.3 Å². The van der Waals surface area contributed by atoms with Gasteiger partial charge in [-0.25, -0.2) is 0 Å². The number of aryl methyl sites for hydroxylation is 2. The molecule has 2 aromatic heterocycles. The number of hydrogen-bond acceptors (Lipinski definition) is 4. The highest BCUT2D eigenvalue weighted by Gasteiger charge is 2.17. The van der Waals surface area contributed by atoms with Gasteiger partial charge in [0.1, 0.15) is 34.2 Å². The van der Waals surface area contributed by atoms with E-state index < -0.39 is 6.29 Å². The highest BCUT2D eigenvalue weighted by Crippen LogP contribution is 2.31. The summed E-state index contributed by atoms with van der Waals surface area (Å²) >= 11 is 0. The highest BCUT2D eigenvalue weighted by atomic mass is 16.7. The van der Waals surface area contributed by atoms with E-state index >= 15 is 0 Å². The van der Waals surface area contributed by atoms with Gasteiger partial charge >= 0.3 is 0 Å². The van der Waals surface area contributed by atoms with Crippen molar-refractivity contribution < 1.29 is 18.3 Å². The molecule has 0 amide bonds. The van der Waals surface area contributed by atoms with Crippen LogP contribution in [0.2, 0.25) is 0 Å². The molecule has 0 bridgehead atoms. The molecular formula is C25H20O4. The lowest BCUT2D eigenvalue weighted by atomic mass is 10.2. The van der Waals surface area contributed by atoms with Gasteiger partial charge in [0.15, 0.2) is 0 Å². The van der Waals surface area contributed by atoms with Crippen molar-refractivity contribution in [3.8, 4) is 11.5 Å². The first-order valence-corrected chi connectivity index (χ1v) is 9.53. The second-order valence-corrected chi connectivity index (χ2v) is 7.09. The molecule has 4 heteroatoms. The largest absolute Gasteiger partial charge is 0.461 e. The van der Waals surface area contributed by atoms with E-state index in [1.54, 1.807) is 0 Å². The first-order chi connectivity index (χ1) is 14.1. The molecule has 2 heterocycles. The summed E-state index contributed by atoms with van der Waals surface area (Å²) in [7, 11) is 0. The Balaban J connectivity index is 1.48. The van der Waals surface area contributed by atoms with Crippen LogP contribution in [0.15, 0.2) is 87.7 Å². The SMILES string of the molecule is Cc1cc2cc(OC(Oc3ccc4oc(C)cc4c3)c3ccccc3)ccc2o1. The van der Waals surface area contributed by atoms with E-state index in [2.05, 4.69) is 0 Å². The van der Waals surface area contributed by atoms with E-state index in [4.69, 9.17) is 18.3 Å². The molecule has 3 aromatic carbocycles. The summed E-state index contributed by atoms with van der Waals surface area (Å²) in [5.74, 6) is 3.17. The van der Waals surface area contributed by atoms with E-state index in [1.807, 2.05) is 92.7 Å². The third-order valence-electron chi connectivity index (χ3n) is 4.78. The van der Waals surface area contributed by atoms with E-state index in [0.29, 0.717) is 11.5 Å². The molecule has 5 rings (SSSR count). The Morgan fingerprint density at radius 2 is 1.14 bits per heavy atom. The molecule has 0 fully saturated rings. The third-order valence-corrected chi connectivity index (χ3v) is 4.78. The number of hydrogen-bond donors (Lipinski definition) is 0. The lowest BCUT2D eigenvalue weighted by Crippen LogP contribution is -2.15. The first kappa shape index (κ1) is 17.4. The molecule has 0 aliphatic heterocycles. The summed E-state index contributed by atoms with van der Waals surface area (Å²) in [4.78, 5) is 0. The summed E-state index contributed by atoms with van der Waals surface area (Å²) < 4.78 is 23.8. The second-order valence-electron chi connectivity index (χ2n) is 7.09. The molecular weight excluding hydrogens is 364 g/mol. The molecule has 0 spiro atoms. The second kappa shape index (κ2) is 7.06. The lowest BCUT2D eigenvalue weighted by Gasteiger charge is -2.21. The normalized spacial score (nSPS) is 11.4. The lowest BCUT2D eigenvalue weighted by molar-refractivity contribution is 0.00402. The van der Waals surface area contributed by atoms with Gasteiger partial charge in [-0.05, 0) is 62.4 Å². The Labute approximate surface area is 168 Å². The average Bonchev–Trinajstić information content (AvgIpc) is 3.27. The maximum Gasteiger partial charge on any atom is 0.267 e. The molecule has 4 nitrogen and oxygen atoms in total. The van der Waals surface area contributed by atoms with Crippen molar-refractivity contribution in [1.29, 1.82) is 0 Å². The van der Waals surface area contributed by atoms with Crippen LogP contribution in [0.5, 0.6) is 11.5 Å². The zero-order valence-corrected chi connectivity index (χ0v) is 16.2. The van der Waals surface area contributed by atoms with E-state index in [0.717, 1.165) is 39.0 Å². The van der Waals surface area contributed by atoms with Crippen molar-refractivity contribution in [3.05, 3.63) is 95.9 Å². The molecule has 0 aliphatic carbocycles. The van der Waals surface area contributed by atoms with Crippen molar-refractivity contribution in [1.82, 2.24) is 0 Å². The smallest absolute Gasteiger partial charge is 0.267 e. The number of fused-ring (bicyclic) bond motifs is 2. The quantitative estimate of drug-likeness (QED) is 0.308. The van der Waals surface area contributed by atoms with Gasteiger partial charge in [-0.1, -0.05) is 30.3 Å². The Morgan fingerprint density at radius 3 is 1.66 bits per heavy atom. The first-order valence-electron chi connectivity index (χ1n) is 9.53. The van der Waals surface area contributed by atoms with Gasteiger partial charge in [-0.3, -0.25) is 0 Å². The summed E-state index contributed by atoms with van der Waals surface area (Å²) in [5.41, 5.74) is 2.61. The fourth-order valence-electron chi connectivity index (χ4n) is 3.47. The minimum Gasteiger partial charge on any atom is -0.461 e. The van der Waals surface area contributed by atoms with Crippen LogP contribution in [-0.4, -0.2) is 0 Å². The van der Waals surface area contributed by atoms with E-state index in [-0.39, 0.29) is 0 Å². The minimum atomic E-state index is -0.591. The van der Waals surface area contributed by atoms with Gasteiger partial charge in [0.2, 0.25) is 0 Å². The average molecular weight is 384 g/mol. The fraction of sp³-hybridized carbons (Fsp3) is 0.120. The van der Waals surface area contributed by atoms with Crippen LogP contribution in [0.4, 0.5) is 0 Å². The van der Waals surface area contributed by atoms with Crippen molar-refractivity contribution in [2.75, 3.05) is 0 Å². The molecule has 0 aliphatic rings. The molecule has 0 unspecified atom stereocenters. The maximum absolute atomic E-state index is 6.25. The zero-order valence-electron chi connectivity index (χ0n) is 16.2. The van der Waals surface area contributed by atoms with Crippen molar-refractivity contribution in [3.63, 3.8) is 0 Å². The third kappa shape index (κ3) is 3.57. The molecule has 0 N–H and O–H groups in total. The monoisotopic (exact) mass is 384 g/mol. The van der Waals surface area contributed by atoms with Gasteiger partial charge in [0.25, 0.3) is 6.29 Å². The summed E-state index contributed by atoms with van der Waals surface area (Å²) in [6.07, 6.45) is -0.591. The Hall–Kier alpha value is -3.66. The molecule has 0 saturated carbocycles. The van der Waals surface area contributed by atoms with Crippen molar-refractivity contribution in [2.45, 2.75) is 20.1 Å². The Bertz CT molecular complexity index is 1200. The molecule has 5 aromatic rings. The zero-order chi connectivity index (χ0) is 19.8. The van der Waals surface area contributed by atoms with Gasteiger partial charge in [0, 0.05) is 16.3 Å². The number of benzene rings is 3. The topological polar surface area (TPSA) is 44.7 Å². The molecule has 0 atom stereocenters. The van der Waals surface area contributed by atoms with Crippen LogP contribution in [0.3, 0.4) is 0 Å². The predicted octanol–water partition coefficient (Wildman–Crippen LogP) is 6.95. The van der Waals surface area contributed by atoms with Crippen molar-refractivity contribution in [2.24, 2.45) is 0 Å². The molecule has 29 heavy (non-hydrogen) atoms. The van der Waals surface area contributed by atoms with Gasteiger partial charge in [0.05, 0.1) is 0 Å².